The maximum absolute atomic E-state index is 7.56. The van der Waals surface area contributed by atoms with E-state index < -0.39 is 11.9 Å². The summed E-state index contributed by atoms with van der Waals surface area (Å²) < 4.78 is 3.20. The summed E-state index contributed by atoms with van der Waals surface area (Å²) >= 11 is -3.55. The average Bonchev–Trinajstić information content (AvgIpc) is 3.12. The monoisotopic (exact) mass is 890 g/mol. The van der Waals surface area contributed by atoms with Crippen LogP contribution in [0.15, 0.2) is 54.6 Å². The van der Waals surface area contributed by atoms with Crippen molar-refractivity contribution in [3.05, 3.63) is 93.5 Å². The fourth-order valence-electron chi connectivity index (χ4n) is 10.7. The van der Waals surface area contributed by atoms with Crippen LogP contribution in [-0.2, 0) is 11.9 Å². The fraction of sp³-hybridized carbons (Fsp3) is 0.592. The molecule has 0 aromatic heterocycles. The van der Waals surface area contributed by atoms with Gasteiger partial charge in [-0.3, -0.25) is 0 Å². The Kier molecular flexibility index (Phi) is 15.0. The molecule has 0 radical (unpaired) electrons. The molecule has 0 bridgehead atoms. The van der Waals surface area contributed by atoms with Crippen LogP contribution in [0.1, 0.15) is 149 Å². The van der Waals surface area contributed by atoms with E-state index in [9.17, 15) is 0 Å². The van der Waals surface area contributed by atoms with Crippen molar-refractivity contribution in [3.8, 4) is 0 Å². The molecule has 0 N–H and O–H groups in total. The molecule has 0 atom stereocenters. The zero-order valence-electron chi connectivity index (χ0n) is 35.5. The molecule has 3 aliphatic carbocycles. The van der Waals surface area contributed by atoms with Gasteiger partial charge in [0.1, 0.15) is 0 Å². The van der Waals surface area contributed by atoms with Gasteiger partial charge in [-0.15, -0.1) is 0 Å². The van der Waals surface area contributed by atoms with Crippen LogP contribution in [0.25, 0.3) is 0 Å². The SMILES string of the molecule is C1CCC(P(C2CCCCC2)C2CCCCC2)CC1.Cc1cc(C)c(N2CC(C)(C)CN(c3c(C)cc(C)cc3C)[C]2=[Ru]([Cl])([Cl])=[CH]c2ccccc2)c(C)c1. The van der Waals surface area contributed by atoms with E-state index in [-0.39, 0.29) is 5.41 Å². The second-order valence-corrected chi connectivity index (χ2v) is 30.7. The van der Waals surface area contributed by atoms with Gasteiger partial charge in [0.15, 0.2) is 0 Å². The molecule has 4 aliphatic rings. The van der Waals surface area contributed by atoms with Crippen molar-refractivity contribution in [1.82, 2.24) is 0 Å². The molecule has 0 amide bonds. The number of benzene rings is 3. The topological polar surface area (TPSA) is 6.48 Å². The van der Waals surface area contributed by atoms with E-state index in [1.54, 1.807) is 77.0 Å². The number of hydrogen-bond acceptors (Lipinski definition) is 2. The van der Waals surface area contributed by atoms with Gasteiger partial charge < -0.3 is 0 Å². The summed E-state index contributed by atoms with van der Waals surface area (Å²) in [6.07, 6.45) is 23.6. The Morgan fingerprint density at radius 2 is 0.909 bits per heavy atom. The Bertz CT molecular complexity index is 1710. The Balaban J connectivity index is 0.000000226. The van der Waals surface area contributed by atoms with Crippen LogP contribution in [0.3, 0.4) is 0 Å². The molecule has 2 nitrogen and oxygen atoms in total. The van der Waals surface area contributed by atoms with Crippen LogP contribution in [0.5, 0.6) is 0 Å². The first-order valence-electron chi connectivity index (χ1n) is 21.6. The Hall–Kier alpha value is -1.37. The van der Waals surface area contributed by atoms with Crippen LogP contribution in [-0.4, -0.2) is 39.0 Å². The summed E-state index contributed by atoms with van der Waals surface area (Å²) in [5, 5.41) is 0. The molecule has 4 fully saturated rings. The third-order valence-corrected chi connectivity index (χ3v) is 22.3. The molecule has 6 heteroatoms. The summed E-state index contributed by atoms with van der Waals surface area (Å²) in [6.45, 7) is 19.6. The third kappa shape index (κ3) is 10.8. The molecule has 55 heavy (non-hydrogen) atoms. The van der Waals surface area contributed by atoms with Crippen LogP contribution < -0.4 is 9.80 Å². The molecule has 1 saturated heterocycles. The first-order chi connectivity index (χ1) is 26.2. The Labute approximate surface area is 347 Å². The summed E-state index contributed by atoms with van der Waals surface area (Å²) in [7, 11) is 15.5. The van der Waals surface area contributed by atoms with E-state index in [1.807, 2.05) is 18.2 Å². The van der Waals surface area contributed by atoms with Crippen LogP contribution in [0.4, 0.5) is 11.4 Å². The molecule has 3 aromatic carbocycles. The van der Waals surface area contributed by atoms with E-state index in [0.29, 0.717) is 7.92 Å². The predicted molar refractivity (Wildman–Crippen MR) is 246 cm³/mol. The van der Waals surface area contributed by atoms with Crippen molar-refractivity contribution in [2.75, 3.05) is 22.9 Å². The molecule has 1 heterocycles. The van der Waals surface area contributed by atoms with E-state index in [4.69, 9.17) is 19.4 Å². The second-order valence-electron chi connectivity index (χ2n) is 18.4. The summed E-state index contributed by atoms with van der Waals surface area (Å²) in [5.74, 6) is 0. The van der Waals surface area contributed by atoms with E-state index >= 15 is 0 Å². The van der Waals surface area contributed by atoms with Gasteiger partial charge in [0.25, 0.3) is 0 Å². The molecule has 1 aliphatic heterocycles. The molecule has 3 saturated carbocycles. The van der Waals surface area contributed by atoms with Gasteiger partial charge in [-0.05, 0) is 55.5 Å². The van der Waals surface area contributed by atoms with Crippen molar-refractivity contribution in [2.45, 2.75) is 169 Å². The second kappa shape index (κ2) is 19.1. The number of aryl methyl sites for hydroxylation is 6. The van der Waals surface area contributed by atoms with Gasteiger partial charge in [0.05, 0.1) is 0 Å². The minimum atomic E-state index is -3.55. The van der Waals surface area contributed by atoms with Crippen molar-refractivity contribution in [2.24, 2.45) is 5.41 Å². The van der Waals surface area contributed by atoms with Crippen molar-refractivity contribution in [1.29, 1.82) is 0 Å². The van der Waals surface area contributed by atoms with E-state index in [1.165, 1.54) is 81.0 Å². The van der Waals surface area contributed by atoms with Crippen molar-refractivity contribution < 1.29 is 11.9 Å². The zero-order valence-corrected chi connectivity index (χ0v) is 39.6. The number of nitrogens with zero attached hydrogens (tertiary/aromatic N) is 2. The third-order valence-electron chi connectivity index (χ3n) is 12.7. The van der Waals surface area contributed by atoms with Gasteiger partial charge in [0, 0.05) is 0 Å². The molecular formula is C49H71Cl2N2PRu. The number of hydrogen-bond donors (Lipinski definition) is 0. The molecule has 0 unspecified atom stereocenters. The summed E-state index contributed by atoms with van der Waals surface area (Å²) in [5.41, 5.74) is 14.7. The molecule has 3 aromatic rings. The quantitative estimate of drug-likeness (QED) is 0.180. The van der Waals surface area contributed by atoms with E-state index in [2.05, 4.69) is 106 Å². The van der Waals surface area contributed by atoms with Gasteiger partial charge >= 0.3 is 229 Å². The Morgan fingerprint density at radius 1 is 0.564 bits per heavy atom. The maximum atomic E-state index is 7.56. The molecular weight excluding hydrogens is 820 g/mol. The first-order valence-corrected chi connectivity index (χ1v) is 29.5. The van der Waals surface area contributed by atoms with Crippen molar-refractivity contribution in [3.63, 3.8) is 0 Å². The zero-order chi connectivity index (χ0) is 39.3. The number of anilines is 2. The number of rotatable bonds is 6. The molecule has 0 spiro atoms. The average molecular weight is 891 g/mol. The molecule has 304 valence electrons. The minimum absolute atomic E-state index is 0.0209. The van der Waals surface area contributed by atoms with Gasteiger partial charge in [-0.2, -0.15) is 0 Å². The summed E-state index contributed by atoms with van der Waals surface area (Å²) in [6, 6.07) is 19.4. The van der Waals surface area contributed by atoms with Gasteiger partial charge in [-0.25, -0.2) is 0 Å². The first kappa shape index (κ1) is 43.2. The van der Waals surface area contributed by atoms with Gasteiger partial charge in [-0.1, -0.05) is 65.7 Å². The fourth-order valence-corrected chi connectivity index (χ4v) is 21.3. The number of halogens is 2. The summed E-state index contributed by atoms with van der Waals surface area (Å²) in [4.78, 5) is 4.91. The van der Waals surface area contributed by atoms with Crippen LogP contribution in [0, 0.1) is 47.0 Å². The normalized spacial score (nSPS) is 20.7. The van der Waals surface area contributed by atoms with Crippen molar-refractivity contribution >= 4 is 47.6 Å². The van der Waals surface area contributed by atoms with Crippen LogP contribution >= 0.6 is 27.3 Å². The van der Waals surface area contributed by atoms with Gasteiger partial charge in [0.2, 0.25) is 0 Å². The van der Waals surface area contributed by atoms with E-state index in [0.717, 1.165) is 23.0 Å². The Morgan fingerprint density at radius 3 is 1.25 bits per heavy atom. The predicted octanol–water partition coefficient (Wildman–Crippen LogP) is 14.8. The standard InChI is InChI=1S/C24H32N2.C18H33P.C7H6.2ClH.Ru/c1-16-9-18(3)22(19(4)10-16)25-13-24(7,8)14-26(15-25)23-20(5)11-17(2)12-21(23)6;1-4-10-16(11-5-1)19(17-12-6-2-7-13-17)18-14-8-3-9-15-18;1-7-5-3-2-4-6-7;;;/h9-12H,13-14H2,1-8H3;16-18H,1-15H2;1-6H;2*1H;/q;;;;;+2/p-2. The molecule has 7 rings (SSSR count). The van der Waals surface area contributed by atoms with Crippen LogP contribution in [0.2, 0.25) is 0 Å².